The van der Waals surface area contributed by atoms with Crippen molar-refractivity contribution in [2.75, 3.05) is 14.2 Å². The van der Waals surface area contributed by atoms with Crippen molar-refractivity contribution in [1.82, 2.24) is 20.2 Å². The maximum Gasteiger partial charge on any atom is 0.191 e. The summed E-state index contributed by atoms with van der Waals surface area (Å²) in [6.45, 7) is 3.28. The molecule has 0 radical (unpaired) electrons. The van der Waals surface area contributed by atoms with E-state index in [9.17, 15) is 0 Å². The van der Waals surface area contributed by atoms with Crippen LogP contribution in [0.4, 0.5) is 0 Å². The minimum absolute atomic E-state index is 0. The highest BCUT2D eigenvalue weighted by atomic mass is 127. The van der Waals surface area contributed by atoms with Crippen LogP contribution in [0.15, 0.2) is 47.5 Å². The van der Waals surface area contributed by atoms with Crippen LogP contribution < -0.4 is 15.4 Å². The Morgan fingerprint density at radius 3 is 2.59 bits per heavy atom. The molecule has 27 heavy (non-hydrogen) atoms. The summed E-state index contributed by atoms with van der Waals surface area (Å²) in [6.07, 6.45) is 0. The Balaban J connectivity index is 0.00000261. The molecule has 0 aliphatic heterocycles. The van der Waals surface area contributed by atoms with Crippen molar-refractivity contribution < 1.29 is 4.74 Å². The van der Waals surface area contributed by atoms with Gasteiger partial charge in [-0.1, -0.05) is 24.3 Å². The highest BCUT2D eigenvalue weighted by molar-refractivity contribution is 14.0. The van der Waals surface area contributed by atoms with E-state index in [2.05, 4.69) is 50.3 Å². The van der Waals surface area contributed by atoms with Gasteiger partial charge >= 0.3 is 0 Å². The Kier molecular flexibility index (Phi) is 7.46. The molecule has 0 spiro atoms. The van der Waals surface area contributed by atoms with Crippen LogP contribution in [0, 0.1) is 6.92 Å². The molecule has 0 aliphatic rings. The Labute approximate surface area is 177 Å². The van der Waals surface area contributed by atoms with E-state index >= 15 is 0 Å². The number of para-hydroxylation sites is 2. The predicted octanol–water partition coefficient (Wildman–Crippen LogP) is 3.37. The maximum absolute atomic E-state index is 5.46. The van der Waals surface area contributed by atoms with Gasteiger partial charge in [0.05, 0.1) is 24.7 Å². The number of ether oxygens (including phenoxy) is 1. The van der Waals surface area contributed by atoms with Gasteiger partial charge in [-0.15, -0.1) is 24.0 Å². The van der Waals surface area contributed by atoms with Gasteiger partial charge in [-0.05, 0) is 30.7 Å². The van der Waals surface area contributed by atoms with E-state index in [-0.39, 0.29) is 24.0 Å². The van der Waals surface area contributed by atoms with Gasteiger partial charge < -0.3 is 19.9 Å². The molecule has 3 rings (SSSR count). The molecule has 144 valence electrons. The van der Waals surface area contributed by atoms with Gasteiger partial charge in [-0.3, -0.25) is 4.99 Å². The Hall–Kier alpha value is -2.29. The first kappa shape index (κ1) is 21.0. The van der Waals surface area contributed by atoms with Crippen molar-refractivity contribution in [1.29, 1.82) is 0 Å². The van der Waals surface area contributed by atoms with Crippen LogP contribution in [0.2, 0.25) is 0 Å². The first-order valence-corrected chi connectivity index (χ1v) is 8.60. The molecule has 2 aromatic carbocycles. The fourth-order valence-electron chi connectivity index (χ4n) is 2.91. The molecule has 3 aromatic rings. The molecular formula is C20H26IN5O. The summed E-state index contributed by atoms with van der Waals surface area (Å²) in [6, 6.07) is 14.3. The topological polar surface area (TPSA) is 63.5 Å². The van der Waals surface area contributed by atoms with Gasteiger partial charge in [-0.2, -0.15) is 0 Å². The quantitative estimate of drug-likeness (QED) is 0.335. The van der Waals surface area contributed by atoms with Crippen molar-refractivity contribution >= 4 is 41.0 Å². The fraction of sp³-hybridized carbons (Fsp3) is 0.300. The number of halogens is 1. The number of aliphatic imine (C=N–C) groups is 1. The number of hydrogen-bond acceptors (Lipinski definition) is 3. The maximum atomic E-state index is 5.46. The van der Waals surface area contributed by atoms with Crippen LogP contribution in [0.5, 0.6) is 5.75 Å². The number of nitrogens with zero attached hydrogens (tertiary/aromatic N) is 3. The number of benzene rings is 2. The van der Waals surface area contributed by atoms with Gasteiger partial charge in [0, 0.05) is 26.2 Å². The van der Waals surface area contributed by atoms with E-state index in [0.717, 1.165) is 34.1 Å². The minimum atomic E-state index is 0. The summed E-state index contributed by atoms with van der Waals surface area (Å²) >= 11 is 0. The lowest BCUT2D eigenvalue weighted by molar-refractivity contribution is 0.408. The molecule has 0 fully saturated rings. The first-order chi connectivity index (χ1) is 12.6. The summed E-state index contributed by atoms with van der Waals surface area (Å²) < 4.78 is 7.55. The summed E-state index contributed by atoms with van der Waals surface area (Å²) in [5, 5.41) is 6.65. The van der Waals surface area contributed by atoms with Gasteiger partial charge in [-0.25, -0.2) is 4.98 Å². The number of rotatable bonds is 5. The molecule has 1 aromatic heterocycles. The van der Waals surface area contributed by atoms with Crippen LogP contribution in [-0.2, 0) is 20.1 Å². The molecule has 0 amide bonds. The Bertz CT molecular complexity index is 935. The zero-order valence-electron chi connectivity index (χ0n) is 16.1. The molecule has 7 heteroatoms. The number of guanidine groups is 1. The first-order valence-electron chi connectivity index (χ1n) is 8.60. The zero-order chi connectivity index (χ0) is 18.5. The molecule has 2 N–H and O–H groups in total. The predicted molar refractivity (Wildman–Crippen MR) is 121 cm³/mol. The third-order valence-electron chi connectivity index (χ3n) is 4.41. The molecule has 6 nitrogen and oxygen atoms in total. The third-order valence-corrected chi connectivity index (χ3v) is 4.41. The second-order valence-corrected chi connectivity index (χ2v) is 6.17. The van der Waals surface area contributed by atoms with Gasteiger partial charge in [0.15, 0.2) is 5.96 Å². The summed E-state index contributed by atoms with van der Waals surface area (Å²) in [5.74, 6) is 2.56. The van der Waals surface area contributed by atoms with E-state index < -0.39 is 0 Å². The summed E-state index contributed by atoms with van der Waals surface area (Å²) in [4.78, 5) is 8.96. The van der Waals surface area contributed by atoms with Gasteiger partial charge in [0.25, 0.3) is 0 Å². The average molecular weight is 479 g/mol. The summed E-state index contributed by atoms with van der Waals surface area (Å²) in [5.41, 5.74) is 4.38. The molecule has 1 heterocycles. The molecule has 0 bridgehead atoms. The number of imidazole rings is 1. The third kappa shape index (κ3) is 4.91. The van der Waals surface area contributed by atoms with E-state index in [0.29, 0.717) is 13.1 Å². The van der Waals surface area contributed by atoms with Crippen molar-refractivity contribution in [2.45, 2.75) is 20.0 Å². The highest BCUT2D eigenvalue weighted by Crippen LogP contribution is 2.19. The number of aromatic nitrogens is 2. The van der Waals surface area contributed by atoms with Crippen LogP contribution >= 0.6 is 24.0 Å². The number of nitrogens with one attached hydrogen (secondary N) is 2. The van der Waals surface area contributed by atoms with Crippen LogP contribution in [0.25, 0.3) is 11.0 Å². The number of fused-ring (bicyclic) bond motifs is 1. The van der Waals surface area contributed by atoms with Gasteiger partial charge in [0.2, 0.25) is 0 Å². The van der Waals surface area contributed by atoms with Crippen molar-refractivity contribution in [2.24, 2.45) is 12.0 Å². The lowest BCUT2D eigenvalue weighted by Crippen LogP contribution is -2.37. The standard InChI is InChI=1S/C20H25N5O.HI/c1-14-9-10-15(18(11-14)26-4)12-22-20(21-2)23-13-19-24-16-7-5-6-8-17(16)25(19)3;/h5-11H,12-13H2,1-4H3,(H2,21,22,23);1H. The smallest absolute Gasteiger partial charge is 0.191 e. The molecule has 0 aliphatic carbocycles. The number of aryl methyl sites for hydroxylation is 2. The molecule has 0 saturated carbocycles. The monoisotopic (exact) mass is 479 g/mol. The second kappa shape index (κ2) is 9.59. The molecular weight excluding hydrogens is 453 g/mol. The van der Waals surface area contributed by atoms with E-state index in [1.807, 2.05) is 31.3 Å². The average Bonchev–Trinajstić information content (AvgIpc) is 2.99. The largest absolute Gasteiger partial charge is 0.496 e. The van der Waals surface area contributed by atoms with Crippen molar-refractivity contribution in [3.8, 4) is 5.75 Å². The van der Waals surface area contributed by atoms with Crippen LogP contribution in [0.1, 0.15) is 17.0 Å². The van der Waals surface area contributed by atoms with E-state index in [1.165, 1.54) is 5.56 Å². The van der Waals surface area contributed by atoms with Crippen LogP contribution in [0.3, 0.4) is 0 Å². The van der Waals surface area contributed by atoms with Gasteiger partial charge in [0.1, 0.15) is 11.6 Å². The molecule has 0 atom stereocenters. The lowest BCUT2D eigenvalue weighted by Gasteiger charge is -2.14. The highest BCUT2D eigenvalue weighted by Gasteiger charge is 2.08. The normalized spacial score (nSPS) is 11.2. The zero-order valence-corrected chi connectivity index (χ0v) is 18.4. The van der Waals surface area contributed by atoms with E-state index in [4.69, 9.17) is 4.74 Å². The fourth-order valence-corrected chi connectivity index (χ4v) is 2.91. The van der Waals surface area contributed by atoms with Crippen molar-refractivity contribution in [3.05, 3.63) is 59.4 Å². The summed E-state index contributed by atoms with van der Waals surface area (Å²) in [7, 11) is 5.48. The molecule has 0 unspecified atom stereocenters. The second-order valence-electron chi connectivity index (χ2n) is 6.17. The van der Waals surface area contributed by atoms with Crippen molar-refractivity contribution in [3.63, 3.8) is 0 Å². The number of methoxy groups -OCH3 is 1. The van der Waals surface area contributed by atoms with E-state index in [1.54, 1.807) is 14.2 Å². The van der Waals surface area contributed by atoms with Crippen LogP contribution in [-0.4, -0.2) is 29.7 Å². The molecule has 0 saturated heterocycles. The SMILES string of the molecule is CN=C(NCc1ccc(C)cc1OC)NCc1nc2ccccc2n1C.I. The number of hydrogen-bond donors (Lipinski definition) is 2. The Morgan fingerprint density at radius 2 is 1.89 bits per heavy atom. The lowest BCUT2D eigenvalue weighted by atomic mass is 10.1. The Morgan fingerprint density at radius 1 is 1.15 bits per heavy atom. The minimum Gasteiger partial charge on any atom is -0.496 e.